The van der Waals surface area contributed by atoms with Gasteiger partial charge in [-0.05, 0) is 127 Å². The highest BCUT2D eigenvalue weighted by molar-refractivity contribution is 6.26. The maximum atomic E-state index is 2.47. The van der Waals surface area contributed by atoms with Crippen molar-refractivity contribution in [1.82, 2.24) is 13.5 Å². The van der Waals surface area contributed by atoms with Crippen LogP contribution in [0, 0.1) is 0 Å². The molecule has 0 radical (unpaired) electrons. The van der Waals surface area contributed by atoms with Crippen LogP contribution < -0.4 is 0 Å². The Balaban J connectivity index is 0.803. The lowest BCUT2D eigenvalue weighted by Crippen LogP contribution is -1.94. The van der Waals surface area contributed by atoms with Gasteiger partial charge < -0.3 is 13.5 Å². The first-order chi connectivity index (χ1) is 34.2. The SMILES string of the molecule is c1ccc2c(c1)c1ccccc1c1cc(-c3ccc(-n4c5ccccc5c5cc(-c6ccc7c(c6)c6ccccc6n7-c6ccc7c8cccc9c%10ccccc%10n(c7c6)c98)ccc54)cc3)ccc21. The fraction of sp³-hybridized carbons (Fsp3) is 0. The van der Waals surface area contributed by atoms with Crippen molar-refractivity contribution in [3.05, 3.63) is 237 Å². The van der Waals surface area contributed by atoms with Crippen LogP contribution in [0.2, 0.25) is 0 Å². The summed E-state index contributed by atoms with van der Waals surface area (Å²) in [6.45, 7) is 0. The number of fused-ring (bicyclic) bond motifs is 18. The molecule has 0 fully saturated rings. The van der Waals surface area contributed by atoms with E-state index in [2.05, 4.69) is 250 Å². The van der Waals surface area contributed by atoms with Crippen molar-refractivity contribution >= 4 is 114 Å². The summed E-state index contributed by atoms with van der Waals surface area (Å²) in [7, 11) is 0. The Labute approximate surface area is 395 Å². The maximum absolute atomic E-state index is 2.47. The van der Waals surface area contributed by atoms with Gasteiger partial charge in [-0.2, -0.15) is 0 Å². The number of nitrogens with zero attached hydrogens (tertiary/aromatic N) is 3. The number of rotatable bonds is 4. The lowest BCUT2D eigenvalue weighted by Gasteiger charge is -2.13. The number of hydrogen-bond donors (Lipinski definition) is 0. The van der Waals surface area contributed by atoms with Crippen LogP contribution >= 0.6 is 0 Å². The third-order valence-electron chi connectivity index (χ3n) is 15.3. The van der Waals surface area contributed by atoms with Crippen molar-refractivity contribution < 1.29 is 0 Å². The fourth-order valence-corrected chi connectivity index (χ4v) is 12.3. The number of aromatic nitrogens is 3. The normalized spacial score (nSPS) is 12.3. The van der Waals surface area contributed by atoms with E-state index in [1.165, 1.54) is 136 Å². The fourth-order valence-electron chi connectivity index (χ4n) is 12.3. The van der Waals surface area contributed by atoms with Crippen LogP contribution in [0.3, 0.4) is 0 Å². The second-order valence-corrected chi connectivity index (χ2v) is 18.8. The number of para-hydroxylation sites is 4. The molecular weight excluding hydrogens is 835 g/mol. The van der Waals surface area contributed by atoms with E-state index in [0.717, 1.165) is 11.4 Å². The Kier molecular flexibility index (Phi) is 7.34. The maximum Gasteiger partial charge on any atom is 0.0620 e. The summed E-state index contributed by atoms with van der Waals surface area (Å²) in [6, 6.07) is 88.0. The quantitative estimate of drug-likeness (QED) is 0.156. The van der Waals surface area contributed by atoms with Gasteiger partial charge in [0.15, 0.2) is 0 Å². The summed E-state index contributed by atoms with van der Waals surface area (Å²) in [4.78, 5) is 0. The molecule has 0 saturated heterocycles. The number of benzene rings is 12. The summed E-state index contributed by atoms with van der Waals surface area (Å²) in [6.07, 6.45) is 0. The predicted octanol–water partition coefficient (Wildman–Crippen LogP) is 17.8. The van der Waals surface area contributed by atoms with Crippen LogP contribution in [0.25, 0.3) is 148 Å². The summed E-state index contributed by atoms with van der Waals surface area (Å²) in [5, 5.41) is 17.9. The summed E-state index contributed by atoms with van der Waals surface area (Å²) >= 11 is 0. The van der Waals surface area contributed by atoms with E-state index in [0.29, 0.717) is 0 Å². The van der Waals surface area contributed by atoms with E-state index in [9.17, 15) is 0 Å². The van der Waals surface area contributed by atoms with Crippen molar-refractivity contribution in [3.8, 4) is 33.6 Å². The van der Waals surface area contributed by atoms with Crippen molar-refractivity contribution in [2.24, 2.45) is 0 Å². The summed E-state index contributed by atoms with van der Waals surface area (Å²) in [5.74, 6) is 0. The third kappa shape index (κ3) is 5.06. The molecule has 0 unspecified atom stereocenters. The van der Waals surface area contributed by atoms with Gasteiger partial charge in [0.1, 0.15) is 0 Å². The van der Waals surface area contributed by atoms with Crippen LogP contribution in [0.5, 0.6) is 0 Å². The molecule has 16 rings (SSSR count). The van der Waals surface area contributed by atoms with Gasteiger partial charge in [-0.15, -0.1) is 0 Å². The van der Waals surface area contributed by atoms with E-state index < -0.39 is 0 Å². The Hall–Kier alpha value is -9.18. The lowest BCUT2D eigenvalue weighted by atomic mass is 9.92. The lowest BCUT2D eigenvalue weighted by molar-refractivity contribution is 1.18. The molecule has 0 atom stereocenters. The molecule has 318 valence electrons. The minimum Gasteiger partial charge on any atom is -0.309 e. The van der Waals surface area contributed by atoms with Crippen LogP contribution in [0.15, 0.2) is 237 Å². The molecule has 3 heteroatoms. The molecule has 3 nitrogen and oxygen atoms in total. The van der Waals surface area contributed by atoms with E-state index in [1.54, 1.807) is 0 Å². The Morgan fingerprint density at radius 2 is 0.551 bits per heavy atom. The minimum atomic E-state index is 1.15. The first-order valence-electron chi connectivity index (χ1n) is 23.9. The van der Waals surface area contributed by atoms with Crippen LogP contribution in [-0.2, 0) is 0 Å². The van der Waals surface area contributed by atoms with Crippen LogP contribution in [0.4, 0.5) is 0 Å². The van der Waals surface area contributed by atoms with Gasteiger partial charge >= 0.3 is 0 Å². The molecule has 0 bridgehead atoms. The van der Waals surface area contributed by atoms with E-state index >= 15 is 0 Å². The monoisotopic (exact) mass is 873 g/mol. The number of hydrogen-bond acceptors (Lipinski definition) is 0. The zero-order valence-corrected chi connectivity index (χ0v) is 37.4. The van der Waals surface area contributed by atoms with Gasteiger partial charge in [-0.3, -0.25) is 0 Å². The molecule has 69 heavy (non-hydrogen) atoms. The first kappa shape index (κ1) is 37.0. The summed E-state index contributed by atoms with van der Waals surface area (Å²) < 4.78 is 7.35. The van der Waals surface area contributed by atoms with Crippen LogP contribution in [-0.4, -0.2) is 13.5 Å². The van der Waals surface area contributed by atoms with E-state index in [-0.39, 0.29) is 0 Å². The minimum absolute atomic E-state index is 1.15. The standard InChI is InChI=1S/C66H39N3/c1-2-14-48-46(12-1)47-13-3-4-15-49(47)57-36-41(26-32-50(48)57)40-24-29-44(30-25-40)67-60-21-8-6-17-52(60)58-37-42(27-34-63(58)67)43-28-35-64-59(38-43)53-18-7-9-22-61(53)68(64)45-31-33-54-56-20-11-19-55-51-16-5-10-23-62(51)69(66(55)56)65(54)39-45/h1-39H. The smallest absolute Gasteiger partial charge is 0.0620 e. The zero-order valence-electron chi connectivity index (χ0n) is 37.4. The van der Waals surface area contributed by atoms with E-state index in [4.69, 9.17) is 0 Å². The second-order valence-electron chi connectivity index (χ2n) is 18.8. The highest BCUT2D eigenvalue weighted by Crippen LogP contribution is 2.43. The zero-order chi connectivity index (χ0) is 44.9. The molecular formula is C66H39N3. The molecule has 0 saturated carbocycles. The van der Waals surface area contributed by atoms with Crippen molar-refractivity contribution in [1.29, 1.82) is 0 Å². The average molecular weight is 874 g/mol. The van der Waals surface area contributed by atoms with Gasteiger partial charge in [-0.1, -0.05) is 164 Å². The first-order valence-corrected chi connectivity index (χ1v) is 23.9. The summed E-state index contributed by atoms with van der Waals surface area (Å²) in [5.41, 5.74) is 15.7. The third-order valence-corrected chi connectivity index (χ3v) is 15.3. The molecule has 0 N–H and O–H groups in total. The Bertz CT molecular complexity index is 4790. The van der Waals surface area contributed by atoms with Gasteiger partial charge in [-0.25, -0.2) is 0 Å². The molecule has 4 aromatic heterocycles. The van der Waals surface area contributed by atoms with Crippen molar-refractivity contribution in [2.75, 3.05) is 0 Å². The Morgan fingerprint density at radius 3 is 1.14 bits per heavy atom. The second kappa shape index (κ2) is 13.7. The van der Waals surface area contributed by atoms with Crippen molar-refractivity contribution in [3.63, 3.8) is 0 Å². The molecule has 0 spiro atoms. The highest BCUT2D eigenvalue weighted by atomic mass is 15.0. The van der Waals surface area contributed by atoms with Crippen molar-refractivity contribution in [2.45, 2.75) is 0 Å². The molecule has 0 amide bonds. The Morgan fingerprint density at radius 1 is 0.188 bits per heavy atom. The largest absolute Gasteiger partial charge is 0.309 e. The van der Waals surface area contributed by atoms with Gasteiger partial charge in [0.05, 0.1) is 38.6 Å². The van der Waals surface area contributed by atoms with E-state index in [1.807, 2.05) is 0 Å². The molecule has 16 aromatic rings. The van der Waals surface area contributed by atoms with Gasteiger partial charge in [0.2, 0.25) is 0 Å². The highest BCUT2D eigenvalue weighted by Gasteiger charge is 2.20. The molecule has 4 heterocycles. The average Bonchev–Trinajstić information content (AvgIpc) is 4.15. The van der Waals surface area contributed by atoms with Crippen LogP contribution in [0.1, 0.15) is 0 Å². The molecule has 0 aliphatic rings. The molecule has 0 aliphatic heterocycles. The molecule has 12 aromatic carbocycles. The molecule has 0 aliphatic carbocycles. The topological polar surface area (TPSA) is 14.3 Å². The predicted molar refractivity (Wildman–Crippen MR) is 293 cm³/mol. The van der Waals surface area contributed by atoms with Gasteiger partial charge in [0, 0.05) is 54.5 Å². The van der Waals surface area contributed by atoms with Gasteiger partial charge in [0.25, 0.3) is 0 Å².